The molecule has 0 aromatic heterocycles. The number of benzene rings is 2. The second-order valence-electron chi connectivity index (χ2n) is 4.95. The Morgan fingerprint density at radius 1 is 0.792 bits per heavy atom. The molecule has 0 unspecified atom stereocenters. The van der Waals surface area contributed by atoms with Gasteiger partial charge in [-0.2, -0.15) is 26.3 Å². The predicted octanol–water partition coefficient (Wildman–Crippen LogP) is 5.41. The third-order valence-electron chi connectivity index (χ3n) is 3.16. The summed E-state index contributed by atoms with van der Waals surface area (Å²) in [6.45, 7) is 1.06. The minimum Gasteiger partial charge on any atom is -0.281 e. The van der Waals surface area contributed by atoms with Crippen molar-refractivity contribution in [2.24, 2.45) is 0 Å². The molecule has 0 atom stereocenters. The minimum absolute atomic E-state index is 0.0206. The van der Waals surface area contributed by atoms with Crippen molar-refractivity contribution in [2.75, 3.05) is 4.90 Å². The van der Waals surface area contributed by atoms with Crippen LogP contribution in [0.15, 0.2) is 48.5 Å². The van der Waals surface area contributed by atoms with E-state index < -0.39 is 35.1 Å². The maximum absolute atomic E-state index is 12.9. The summed E-state index contributed by atoms with van der Waals surface area (Å²) >= 11 is 0. The molecule has 0 spiro atoms. The van der Waals surface area contributed by atoms with Crippen LogP contribution in [0.4, 0.5) is 37.7 Å². The van der Waals surface area contributed by atoms with Crippen LogP contribution >= 0.6 is 0 Å². The number of carbonyl (C=O) groups is 1. The van der Waals surface area contributed by atoms with E-state index in [1.165, 1.54) is 24.3 Å². The molecule has 128 valence electrons. The fourth-order valence-electron chi connectivity index (χ4n) is 2.16. The molecule has 24 heavy (non-hydrogen) atoms. The Kier molecular flexibility index (Phi) is 4.59. The molecule has 2 rings (SSSR count). The van der Waals surface area contributed by atoms with Gasteiger partial charge in [0, 0.05) is 12.6 Å². The first-order chi connectivity index (χ1) is 11.0. The lowest BCUT2D eigenvalue weighted by Crippen LogP contribution is -2.24. The van der Waals surface area contributed by atoms with Gasteiger partial charge in [-0.3, -0.25) is 9.69 Å². The van der Waals surface area contributed by atoms with Gasteiger partial charge in [0.15, 0.2) is 0 Å². The molecule has 0 fully saturated rings. The van der Waals surface area contributed by atoms with E-state index in [1.54, 1.807) is 6.07 Å². The van der Waals surface area contributed by atoms with E-state index in [0.717, 1.165) is 11.8 Å². The number of rotatable bonds is 2. The van der Waals surface area contributed by atoms with Crippen LogP contribution in [-0.4, -0.2) is 5.91 Å². The van der Waals surface area contributed by atoms with Gasteiger partial charge in [0.2, 0.25) is 5.91 Å². The van der Waals surface area contributed by atoms with Crippen molar-refractivity contribution < 1.29 is 31.1 Å². The van der Waals surface area contributed by atoms with Crippen molar-refractivity contribution in [1.29, 1.82) is 0 Å². The Hall–Kier alpha value is -2.51. The van der Waals surface area contributed by atoms with Crippen LogP contribution in [0.1, 0.15) is 18.1 Å². The topological polar surface area (TPSA) is 20.3 Å². The molecule has 1 amide bonds. The molecule has 0 radical (unpaired) electrons. The molecule has 2 aromatic carbocycles. The molecule has 0 saturated heterocycles. The van der Waals surface area contributed by atoms with E-state index >= 15 is 0 Å². The number of halogens is 6. The molecular formula is C16H11F6NO. The smallest absolute Gasteiger partial charge is 0.281 e. The summed E-state index contributed by atoms with van der Waals surface area (Å²) in [7, 11) is 0. The summed E-state index contributed by atoms with van der Waals surface area (Å²) in [5, 5.41) is 0. The Labute approximate surface area is 133 Å². The third-order valence-corrected chi connectivity index (χ3v) is 3.16. The lowest BCUT2D eigenvalue weighted by molar-refractivity contribution is -0.143. The number of para-hydroxylation sites is 1. The Morgan fingerprint density at radius 3 is 1.62 bits per heavy atom. The van der Waals surface area contributed by atoms with Crippen molar-refractivity contribution in [3.63, 3.8) is 0 Å². The summed E-state index contributed by atoms with van der Waals surface area (Å²) in [5.74, 6) is -0.714. The maximum atomic E-state index is 12.9. The van der Waals surface area contributed by atoms with Crippen LogP contribution in [0.2, 0.25) is 0 Å². The van der Waals surface area contributed by atoms with Crippen molar-refractivity contribution >= 4 is 17.3 Å². The molecule has 0 bridgehead atoms. The predicted molar refractivity (Wildman–Crippen MR) is 75.7 cm³/mol. The molecule has 0 heterocycles. The van der Waals surface area contributed by atoms with E-state index in [4.69, 9.17) is 0 Å². The van der Waals surface area contributed by atoms with Crippen LogP contribution in [0.5, 0.6) is 0 Å². The largest absolute Gasteiger partial charge is 0.416 e. The minimum atomic E-state index is -4.98. The highest BCUT2D eigenvalue weighted by molar-refractivity contribution is 5.99. The number of nitrogens with zero attached hydrogens (tertiary/aromatic N) is 1. The quantitative estimate of drug-likeness (QED) is 0.665. The molecular weight excluding hydrogens is 336 g/mol. The number of hydrogen-bond acceptors (Lipinski definition) is 1. The molecule has 0 aliphatic rings. The summed E-state index contributed by atoms with van der Waals surface area (Å²) in [6.07, 6.45) is -9.95. The summed E-state index contributed by atoms with van der Waals surface area (Å²) in [4.78, 5) is 12.6. The fourth-order valence-corrected chi connectivity index (χ4v) is 2.16. The molecule has 0 aliphatic carbocycles. The number of amides is 1. The number of carbonyl (C=O) groups excluding carboxylic acids is 1. The lowest BCUT2D eigenvalue weighted by Gasteiger charge is -2.24. The zero-order valence-electron chi connectivity index (χ0n) is 12.2. The van der Waals surface area contributed by atoms with Gasteiger partial charge in [0.25, 0.3) is 0 Å². The van der Waals surface area contributed by atoms with Gasteiger partial charge < -0.3 is 0 Å². The third kappa shape index (κ3) is 3.87. The summed E-state index contributed by atoms with van der Waals surface area (Å²) in [5.41, 5.74) is -3.29. The number of anilines is 2. The van der Waals surface area contributed by atoms with E-state index in [1.807, 2.05) is 0 Å². The van der Waals surface area contributed by atoms with E-state index in [-0.39, 0.29) is 11.8 Å². The zero-order valence-corrected chi connectivity index (χ0v) is 12.2. The monoisotopic (exact) mass is 347 g/mol. The summed E-state index contributed by atoms with van der Waals surface area (Å²) in [6, 6.07) is 8.52. The maximum Gasteiger partial charge on any atom is 0.416 e. The van der Waals surface area contributed by atoms with E-state index in [0.29, 0.717) is 12.1 Å². The van der Waals surface area contributed by atoms with Gasteiger partial charge in [0.05, 0.1) is 16.8 Å². The Bertz CT molecular complexity index is 704. The van der Waals surface area contributed by atoms with Crippen LogP contribution in [0.3, 0.4) is 0 Å². The SMILES string of the molecule is CC(=O)N(c1ccccc1)c1cc(C(F)(F)F)cc(C(F)(F)F)c1. The van der Waals surface area contributed by atoms with Crippen LogP contribution < -0.4 is 4.90 Å². The standard InChI is InChI=1S/C16H11F6NO/c1-10(24)23(13-5-3-2-4-6-13)14-8-11(15(17,18)19)7-12(9-14)16(20,21)22/h2-9H,1H3. The van der Waals surface area contributed by atoms with Gasteiger partial charge in [-0.1, -0.05) is 18.2 Å². The number of alkyl halides is 6. The molecule has 0 aliphatic heterocycles. The number of hydrogen-bond donors (Lipinski definition) is 0. The van der Waals surface area contributed by atoms with E-state index in [9.17, 15) is 31.1 Å². The zero-order chi connectivity index (χ0) is 18.1. The first-order valence-electron chi connectivity index (χ1n) is 6.65. The van der Waals surface area contributed by atoms with Crippen molar-refractivity contribution in [1.82, 2.24) is 0 Å². The van der Waals surface area contributed by atoms with Gasteiger partial charge >= 0.3 is 12.4 Å². The average Bonchev–Trinajstić information content (AvgIpc) is 2.46. The van der Waals surface area contributed by atoms with E-state index in [2.05, 4.69) is 0 Å². The van der Waals surface area contributed by atoms with Gasteiger partial charge in [-0.05, 0) is 30.3 Å². The highest BCUT2D eigenvalue weighted by atomic mass is 19.4. The average molecular weight is 347 g/mol. The first-order valence-corrected chi connectivity index (χ1v) is 6.65. The first kappa shape index (κ1) is 17.8. The highest BCUT2D eigenvalue weighted by Crippen LogP contribution is 2.39. The summed E-state index contributed by atoms with van der Waals surface area (Å²) < 4.78 is 77.6. The molecule has 2 nitrogen and oxygen atoms in total. The van der Waals surface area contributed by atoms with Crippen LogP contribution in [0, 0.1) is 0 Å². The van der Waals surface area contributed by atoms with Crippen LogP contribution in [0.25, 0.3) is 0 Å². The lowest BCUT2D eigenvalue weighted by atomic mass is 10.1. The molecule has 8 heteroatoms. The second-order valence-corrected chi connectivity index (χ2v) is 4.95. The Morgan fingerprint density at radius 2 is 1.25 bits per heavy atom. The normalized spacial score (nSPS) is 12.1. The fraction of sp³-hybridized carbons (Fsp3) is 0.188. The van der Waals surface area contributed by atoms with Gasteiger partial charge in [0.1, 0.15) is 0 Å². The Balaban J connectivity index is 2.69. The highest BCUT2D eigenvalue weighted by Gasteiger charge is 2.37. The van der Waals surface area contributed by atoms with Crippen LogP contribution in [-0.2, 0) is 17.1 Å². The van der Waals surface area contributed by atoms with Gasteiger partial charge in [-0.15, -0.1) is 0 Å². The molecule has 0 saturated carbocycles. The van der Waals surface area contributed by atoms with Crippen molar-refractivity contribution in [2.45, 2.75) is 19.3 Å². The van der Waals surface area contributed by atoms with Crippen molar-refractivity contribution in [3.05, 3.63) is 59.7 Å². The van der Waals surface area contributed by atoms with Gasteiger partial charge in [-0.25, -0.2) is 0 Å². The molecule has 2 aromatic rings. The van der Waals surface area contributed by atoms with Crippen molar-refractivity contribution in [3.8, 4) is 0 Å². The second kappa shape index (κ2) is 6.18. The molecule has 0 N–H and O–H groups in total.